The second kappa shape index (κ2) is 3.97. The van der Waals surface area contributed by atoms with E-state index in [4.69, 9.17) is 16.3 Å². The minimum absolute atomic E-state index is 0.146. The lowest BCUT2D eigenvalue weighted by atomic mass is 9.90. The Balaban J connectivity index is 2.14. The molecule has 3 aliphatic rings. The number of hydrogen-bond donors (Lipinski definition) is 1. The van der Waals surface area contributed by atoms with E-state index in [9.17, 15) is 5.11 Å². The van der Waals surface area contributed by atoms with E-state index in [1.807, 2.05) is 36.5 Å². The number of aliphatic hydroxyl groups is 1. The molecule has 86 valence electrons. The summed E-state index contributed by atoms with van der Waals surface area (Å²) in [5.41, 5.74) is 2.35. The Bertz CT molecular complexity index is 545. The summed E-state index contributed by atoms with van der Waals surface area (Å²) in [5.74, 6) is 0.356. The molecule has 0 spiro atoms. The summed E-state index contributed by atoms with van der Waals surface area (Å²) in [6, 6.07) is 0. The maximum absolute atomic E-state index is 9.58. The Hall–Kier alpha value is -1.67. The minimum atomic E-state index is -0.183. The third-order valence-electron chi connectivity index (χ3n) is 3.04. The number of hydrogen-bond acceptors (Lipinski definition) is 2. The number of aliphatic hydroxyl groups excluding tert-OH is 1. The predicted molar refractivity (Wildman–Crippen MR) is 67.2 cm³/mol. The molecule has 0 aromatic rings. The first kappa shape index (κ1) is 10.5. The molecule has 3 heteroatoms. The number of rotatable bonds is 0. The highest BCUT2D eigenvalue weighted by atomic mass is 35.5. The second-order valence-corrected chi connectivity index (χ2v) is 4.57. The molecule has 1 heterocycles. The van der Waals surface area contributed by atoms with Gasteiger partial charge in [-0.2, -0.15) is 0 Å². The van der Waals surface area contributed by atoms with Crippen molar-refractivity contribution in [3.05, 3.63) is 70.4 Å². The van der Waals surface area contributed by atoms with Gasteiger partial charge in [0.05, 0.1) is 5.92 Å². The molecule has 1 atom stereocenters. The van der Waals surface area contributed by atoms with Crippen LogP contribution >= 0.6 is 11.6 Å². The fourth-order valence-corrected chi connectivity index (χ4v) is 2.52. The van der Waals surface area contributed by atoms with Gasteiger partial charge in [-0.1, -0.05) is 48.1 Å². The summed E-state index contributed by atoms with van der Waals surface area (Å²) in [7, 11) is 0. The fourth-order valence-electron chi connectivity index (χ4n) is 2.23. The van der Waals surface area contributed by atoms with E-state index in [-0.39, 0.29) is 11.9 Å². The van der Waals surface area contributed by atoms with Crippen LogP contribution < -0.4 is 0 Å². The van der Waals surface area contributed by atoms with Crippen molar-refractivity contribution >= 4 is 11.6 Å². The first-order valence-electron chi connectivity index (χ1n) is 5.47. The zero-order valence-electron chi connectivity index (χ0n) is 9.06. The van der Waals surface area contributed by atoms with Crippen molar-refractivity contribution in [2.75, 3.05) is 0 Å². The van der Waals surface area contributed by atoms with Crippen LogP contribution in [0.1, 0.15) is 6.42 Å². The summed E-state index contributed by atoms with van der Waals surface area (Å²) in [4.78, 5) is 0. The van der Waals surface area contributed by atoms with Gasteiger partial charge < -0.3 is 9.84 Å². The van der Waals surface area contributed by atoms with E-state index in [1.165, 1.54) is 5.57 Å². The van der Waals surface area contributed by atoms with Gasteiger partial charge in [0.1, 0.15) is 10.8 Å². The second-order valence-electron chi connectivity index (χ2n) is 4.16. The first-order valence-corrected chi connectivity index (χ1v) is 5.84. The molecule has 2 bridgehead atoms. The normalized spacial score (nSPS) is 31.1. The van der Waals surface area contributed by atoms with Gasteiger partial charge in [-0.25, -0.2) is 0 Å². The third-order valence-corrected chi connectivity index (χ3v) is 3.42. The lowest BCUT2D eigenvalue weighted by Gasteiger charge is -2.16. The van der Waals surface area contributed by atoms with Crippen LogP contribution in [0.3, 0.4) is 0 Å². The molecule has 0 aromatic heterocycles. The van der Waals surface area contributed by atoms with Gasteiger partial charge >= 0.3 is 0 Å². The summed E-state index contributed by atoms with van der Waals surface area (Å²) in [5, 5.41) is 9.95. The van der Waals surface area contributed by atoms with Crippen LogP contribution in [0.2, 0.25) is 0 Å². The topological polar surface area (TPSA) is 29.5 Å². The zero-order chi connectivity index (χ0) is 11.8. The van der Waals surface area contributed by atoms with E-state index in [1.54, 1.807) is 0 Å². The number of halogens is 1. The molecule has 1 aliphatic heterocycles. The minimum Gasteiger partial charge on any atom is -0.480 e. The SMILES string of the molecule is OC1=C(Cl)C2C3=CC=CC=C(/C=C\C=C/2O1)C3. The van der Waals surface area contributed by atoms with Crippen LogP contribution in [0.4, 0.5) is 0 Å². The highest BCUT2D eigenvalue weighted by Crippen LogP contribution is 2.43. The average molecular weight is 247 g/mol. The highest BCUT2D eigenvalue weighted by molar-refractivity contribution is 6.30. The zero-order valence-corrected chi connectivity index (χ0v) is 9.82. The highest BCUT2D eigenvalue weighted by Gasteiger charge is 2.34. The number of ether oxygens (including phenoxy) is 1. The van der Waals surface area contributed by atoms with Crippen LogP contribution in [0.5, 0.6) is 0 Å². The lowest BCUT2D eigenvalue weighted by Crippen LogP contribution is -2.06. The molecule has 2 nitrogen and oxygen atoms in total. The van der Waals surface area contributed by atoms with Gasteiger partial charge in [0.25, 0.3) is 5.95 Å². The van der Waals surface area contributed by atoms with Crippen molar-refractivity contribution in [3.8, 4) is 0 Å². The Morgan fingerprint density at radius 3 is 2.88 bits per heavy atom. The maximum atomic E-state index is 9.58. The van der Waals surface area contributed by atoms with E-state index in [0.717, 1.165) is 12.0 Å². The van der Waals surface area contributed by atoms with Crippen molar-refractivity contribution in [3.63, 3.8) is 0 Å². The molecule has 0 saturated carbocycles. The molecule has 1 unspecified atom stereocenters. The van der Waals surface area contributed by atoms with E-state index >= 15 is 0 Å². The summed E-state index contributed by atoms with van der Waals surface area (Å²) in [6.45, 7) is 0. The van der Waals surface area contributed by atoms with Crippen molar-refractivity contribution < 1.29 is 9.84 Å². The molecule has 0 saturated heterocycles. The summed E-state index contributed by atoms with van der Waals surface area (Å²) in [6.07, 6.45) is 14.7. The largest absolute Gasteiger partial charge is 0.480 e. The molecular weight excluding hydrogens is 236 g/mol. The van der Waals surface area contributed by atoms with Crippen molar-refractivity contribution in [2.24, 2.45) is 5.92 Å². The van der Waals surface area contributed by atoms with Crippen LogP contribution in [0, 0.1) is 5.92 Å². The van der Waals surface area contributed by atoms with E-state index in [0.29, 0.717) is 10.8 Å². The standard InChI is InChI=1S/C14H11ClO2/c15-13-12-10-6-2-1-4-9(8-10)5-3-7-11(12)17-14(13)16/h1-7,12,16H,8H2/b5-3-,11-7+. The molecule has 0 amide bonds. The van der Waals surface area contributed by atoms with Crippen molar-refractivity contribution in [1.82, 2.24) is 0 Å². The van der Waals surface area contributed by atoms with Gasteiger partial charge in [0.2, 0.25) is 0 Å². The Morgan fingerprint density at radius 2 is 2.00 bits per heavy atom. The summed E-state index contributed by atoms with van der Waals surface area (Å²) >= 11 is 6.12. The quantitative estimate of drug-likeness (QED) is 0.703. The summed E-state index contributed by atoms with van der Waals surface area (Å²) < 4.78 is 5.27. The Kier molecular flexibility index (Phi) is 2.45. The van der Waals surface area contributed by atoms with Crippen molar-refractivity contribution in [1.29, 1.82) is 0 Å². The van der Waals surface area contributed by atoms with Gasteiger partial charge in [-0.05, 0) is 23.6 Å². The molecule has 0 radical (unpaired) electrons. The van der Waals surface area contributed by atoms with Crippen LogP contribution in [-0.4, -0.2) is 5.11 Å². The molecular formula is C14H11ClO2. The maximum Gasteiger partial charge on any atom is 0.298 e. The molecule has 2 aliphatic carbocycles. The van der Waals surface area contributed by atoms with Crippen LogP contribution in [0.25, 0.3) is 0 Å². The van der Waals surface area contributed by atoms with Crippen LogP contribution in [0.15, 0.2) is 70.4 Å². The third kappa shape index (κ3) is 1.75. The molecule has 0 aromatic carbocycles. The van der Waals surface area contributed by atoms with Crippen molar-refractivity contribution in [2.45, 2.75) is 6.42 Å². The predicted octanol–water partition coefficient (Wildman–Crippen LogP) is 3.87. The van der Waals surface area contributed by atoms with E-state index in [2.05, 4.69) is 6.08 Å². The van der Waals surface area contributed by atoms with Gasteiger partial charge in [-0.15, -0.1) is 0 Å². The number of allylic oxidation sites excluding steroid dienone is 9. The van der Waals surface area contributed by atoms with E-state index < -0.39 is 0 Å². The van der Waals surface area contributed by atoms with Gasteiger partial charge in [-0.3, -0.25) is 0 Å². The van der Waals surface area contributed by atoms with Gasteiger partial charge in [0, 0.05) is 0 Å². The molecule has 3 rings (SSSR count). The molecule has 0 fully saturated rings. The molecule has 1 N–H and O–H groups in total. The van der Waals surface area contributed by atoms with Gasteiger partial charge in [0.15, 0.2) is 0 Å². The Morgan fingerprint density at radius 1 is 1.18 bits per heavy atom. The number of fused-ring (bicyclic) bond motifs is 4. The first-order chi connectivity index (χ1) is 8.25. The van der Waals surface area contributed by atoms with Crippen LogP contribution in [-0.2, 0) is 4.74 Å². The Labute approximate surface area is 105 Å². The lowest BCUT2D eigenvalue weighted by molar-refractivity contribution is 0.158. The average Bonchev–Trinajstić information content (AvgIpc) is 2.52. The smallest absolute Gasteiger partial charge is 0.298 e. The molecule has 17 heavy (non-hydrogen) atoms. The fraction of sp³-hybridized carbons (Fsp3) is 0.143. The monoisotopic (exact) mass is 246 g/mol.